The average Bonchev–Trinajstić information content (AvgIpc) is 3.12. The molecule has 0 radical (unpaired) electrons. The van der Waals surface area contributed by atoms with Crippen LogP contribution < -0.4 is 0 Å². The molecule has 2 aromatic heterocycles. The highest BCUT2D eigenvalue weighted by molar-refractivity contribution is 5.16. The zero-order valence-electron chi connectivity index (χ0n) is 14.0. The van der Waals surface area contributed by atoms with Crippen LogP contribution in [0.4, 0.5) is 0 Å². The van der Waals surface area contributed by atoms with Gasteiger partial charge in [-0.25, -0.2) is 9.67 Å². The number of hydrogen-bond donors (Lipinski definition) is 0. The van der Waals surface area contributed by atoms with Crippen molar-refractivity contribution >= 4 is 0 Å². The number of pyridine rings is 1. The monoisotopic (exact) mass is 335 g/mol. The summed E-state index contributed by atoms with van der Waals surface area (Å²) in [4.78, 5) is 11.1. The number of hydrogen-bond acceptors (Lipinski definition) is 5. The fourth-order valence-electron chi connectivity index (χ4n) is 3.20. The van der Waals surface area contributed by atoms with Gasteiger partial charge in [-0.1, -0.05) is 30.3 Å². The first-order valence-electron chi connectivity index (χ1n) is 8.52. The zero-order chi connectivity index (χ0) is 16.9. The summed E-state index contributed by atoms with van der Waals surface area (Å²) in [6.45, 7) is 3.84. The Morgan fingerprint density at radius 1 is 1.00 bits per heavy atom. The lowest BCUT2D eigenvalue weighted by molar-refractivity contribution is -0.0173. The Bertz CT molecular complexity index is 790. The third-order valence-electron chi connectivity index (χ3n) is 4.49. The number of morpholine rings is 1. The molecule has 0 amide bonds. The highest BCUT2D eigenvalue weighted by Gasteiger charge is 2.28. The summed E-state index contributed by atoms with van der Waals surface area (Å²) in [5, 5.41) is 4.44. The van der Waals surface area contributed by atoms with Crippen molar-refractivity contribution in [3.05, 3.63) is 78.1 Å². The molecule has 0 unspecified atom stereocenters. The third-order valence-corrected chi connectivity index (χ3v) is 4.49. The van der Waals surface area contributed by atoms with E-state index in [0.29, 0.717) is 6.61 Å². The smallest absolute Gasteiger partial charge is 0.146 e. The van der Waals surface area contributed by atoms with Gasteiger partial charge < -0.3 is 4.74 Å². The van der Waals surface area contributed by atoms with Crippen molar-refractivity contribution in [2.24, 2.45) is 0 Å². The standard InChI is InChI=1S/C19H21N5O/c1-2-4-16(5-3-1)13-24-19(21-15-22-24)18-14-25-11-10-23(18)12-17-6-8-20-9-7-17/h1-9,15,18H,10-14H2/t18-/m0/s1. The Morgan fingerprint density at radius 3 is 2.64 bits per heavy atom. The summed E-state index contributed by atoms with van der Waals surface area (Å²) in [6, 6.07) is 14.6. The summed E-state index contributed by atoms with van der Waals surface area (Å²) in [7, 11) is 0. The minimum Gasteiger partial charge on any atom is -0.378 e. The van der Waals surface area contributed by atoms with Crippen LogP contribution in [-0.2, 0) is 17.8 Å². The first-order valence-corrected chi connectivity index (χ1v) is 8.52. The van der Waals surface area contributed by atoms with Gasteiger partial charge in [-0.2, -0.15) is 5.10 Å². The summed E-state index contributed by atoms with van der Waals surface area (Å²) in [6.07, 6.45) is 5.31. The van der Waals surface area contributed by atoms with Crippen LogP contribution >= 0.6 is 0 Å². The molecule has 0 saturated carbocycles. The van der Waals surface area contributed by atoms with Crippen LogP contribution in [0.2, 0.25) is 0 Å². The number of aromatic nitrogens is 4. The van der Waals surface area contributed by atoms with Gasteiger partial charge in [0.15, 0.2) is 0 Å². The number of ether oxygens (including phenoxy) is 1. The van der Waals surface area contributed by atoms with E-state index in [1.54, 1.807) is 6.33 Å². The molecule has 0 N–H and O–H groups in total. The molecule has 3 aromatic rings. The normalized spacial score (nSPS) is 18.3. The largest absolute Gasteiger partial charge is 0.378 e. The first kappa shape index (κ1) is 15.9. The highest BCUT2D eigenvalue weighted by atomic mass is 16.5. The maximum absolute atomic E-state index is 5.74. The molecule has 1 aliphatic heterocycles. The van der Waals surface area contributed by atoms with Gasteiger partial charge in [-0.15, -0.1) is 0 Å². The lowest BCUT2D eigenvalue weighted by Gasteiger charge is -2.35. The molecule has 3 heterocycles. The molecule has 25 heavy (non-hydrogen) atoms. The lowest BCUT2D eigenvalue weighted by Crippen LogP contribution is -2.40. The van der Waals surface area contributed by atoms with Crippen molar-refractivity contribution < 1.29 is 4.74 Å². The summed E-state index contributed by atoms with van der Waals surface area (Å²) < 4.78 is 7.72. The Hall–Kier alpha value is -2.57. The molecule has 6 heteroatoms. The topological polar surface area (TPSA) is 56.1 Å². The van der Waals surface area contributed by atoms with Gasteiger partial charge in [0.2, 0.25) is 0 Å². The molecule has 0 bridgehead atoms. The van der Waals surface area contributed by atoms with Gasteiger partial charge in [0.05, 0.1) is 25.8 Å². The predicted molar refractivity (Wildman–Crippen MR) is 93.8 cm³/mol. The second-order valence-electron chi connectivity index (χ2n) is 6.18. The van der Waals surface area contributed by atoms with Gasteiger partial charge in [0, 0.05) is 25.5 Å². The SMILES string of the molecule is c1ccc(Cn2ncnc2[C@@H]2COCCN2Cc2ccncc2)cc1. The number of benzene rings is 1. The number of rotatable bonds is 5. The molecule has 1 fully saturated rings. The molecule has 4 rings (SSSR count). The van der Waals surface area contributed by atoms with E-state index in [1.165, 1.54) is 11.1 Å². The molecule has 1 aromatic carbocycles. The van der Waals surface area contributed by atoms with Gasteiger partial charge in [0.1, 0.15) is 12.2 Å². The summed E-state index contributed by atoms with van der Waals surface area (Å²) >= 11 is 0. The van der Waals surface area contributed by atoms with Crippen molar-refractivity contribution in [1.29, 1.82) is 0 Å². The van der Waals surface area contributed by atoms with Gasteiger partial charge >= 0.3 is 0 Å². The summed E-state index contributed by atoms with van der Waals surface area (Å²) in [5.74, 6) is 0.956. The maximum Gasteiger partial charge on any atom is 0.146 e. The molecule has 0 aliphatic carbocycles. The van der Waals surface area contributed by atoms with E-state index in [0.717, 1.165) is 32.1 Å². The Balaban J connectivity index is 1.56. The minimum absolute atomic E-state index is 0.105. The quantitative estimate of drug-likeness (QED) is 0.716. The highest BCUT2D eigenvalue weighted by Crippen LogP contribution is 2.24. The van der Waals surface area contributed by atoms with Crippen molar-refractivity contribution in [3.63, 3.8) is 0 Å². The minimum atomic E-state index is 0.105. The van der Waals surface area contributed by atoms with Gasteiger partial charge in [-0.05, 0) is 23.3 Å². The van der Waals surface area contributed by atoms with Gasteiger partial charge in [-0.3, -0.25) is 9.88 Å². The first-order chi connectivity index (χ1) is 12.4. The van der Waals surface area contributed by atoms with Crippen molar-refractivity contribution in [2.45, 2.75) is 19.1 Å². The van der Waals surface area contributed by atoms with Crippen molar-refractivity contribution in [3.8, 4) is 0 Å². The van der Waals surface area contributed by atoms with E-state index in [4.69, 9.17) is 4.74 Å². The third kappa shape index (κ3) is 3.75. The molecule has 1 aliphatic rings. The Morgan fingerprint density at radius 2 is 1.80 bits per heavy atom. The van der Waals surface area contributed by atoms with Crippen LogP contribution in [0.5, 0.6) is 0 Å². The van der Waals surface area contributed by atoms with E-state index < -0.39 is 0 Å². The van der Waals surface area contributed by atoms with Crippen LogP contribution in [0.15, 0.2) is 61.2 Å². The van der Waals surface area contributed by atoms with Crippen LogP contribution in [0, 0.1) is 0 Å². The van der Waals surface area contributed by atoms with E-state index >= 15 is 0 Å². The fraction of sp³-hybridized carbons (Fsp3) is 0.316. The van der Waals surface area contributed by atoms with E-state index in [-0.39, 0.29) is 6.04 Å². The van der Waals surface area contributed by atoms with E-state index in [2.05, 4.69) is 44.2 Å². The van der Waals surface area contributed by atoms with E-state index in [9.17, 15) is 0 Å². The predicted octanol–water partition coefficient (Wildman–Crippen LogP) is 2.29. The zero-order valence-corrected chi connectivity index (χ0v) is 14.0. The van der Waals surface area contributed by atoms with Crippen molar-refractivity contribution in [1.82, 2.24) is 24.6 Å². The maximum atomic E-state index is 5.74. The van der Waals surface area contributed by atoms with Crippen LogP contribution in [0.3, 0.4) is 0 Å². The second kappa shape index (κ2) is 7.55. The molecule has 6 nitrogen and oxygen atoms in total. The number of nitrogens with zero attached hydrogens (tertiary/aromatic N) is 5. The van der Waals surface area contributed by atoms with Crippen LogP contribution in [0.25, 0.3) is 0 Å². The molecule has 0 spiro atoms. The van der Waals surface area contributed by atoms with Crippen LogP contribution in [-0.4, -0.2) is 44.4 Å². The second-order valence-corrected chi connectivity index (χ2v) is 6.18. The molecule has 128 valence electrons. The molecular formula is C19H21N5O. The molecular weight excluding hydrogens is 314 g/mol. The Kier molecular flexibility index (Phi) is 4.81. The van der Waals surface area contributed by atoms with Crippen molar-refractivity contribution in [2.75, 3.05) is 19.8 Å². The average molecular weight is 335 g/mol. The Labute approximate surface area is 147 Å². The van der Waals surface area contributed by atoms with Crippen LogP contribution in [0.1, 0.15) is 23.0 Å². The molecule has 1 saturated heterocycles. The summed E-state index contributed by atoms with van der Waals surface area (Å²) in [5.41, 5.74) is 2.46. The fourth-order valence-corrected chi connectivity index (χ4v) is 3.20. The van der Waals surface area contributed by atoms with Gasteiger partial charge in [0.25, 0.3) is 0 Å². The van der Waals surface area contributed by atoms with E-state index in [1.807, 2.05) is 35.3 Å². The lowest BCUT2D eigenvalue weighted by atomic mass is 10.1. The molecule has 1 atom stereocenters.